The number of benzene rings is 2. The molecule has 230 valence electrons. The zero-order chi connectivity index (χ0) is 30.9. The number of hydrogen-bond donors (Lipinski definition) is 1. The molecule has 1 fully saturated rings. The molecule has 0 spiro atoms. The number of likely N-dealkylation sites (tertiary alicyclic amines) is 1. The highest BCUT2D eigenvalue weighted by Gasteiger charge is 2.63. The van der Waals surface area contributed by atoms with Crippen LogP contribution in [0.25, 0.3) is 0 Å². The lowest BCUT2D eigenvalue weighted by atomic mass is 9.72. The Morgan fingerprint density at radius 1 is 0.905 bits per heavy atom. The van der Waals surface area contributed by atoms with Gasteiger partial charge in [0.1, 0.15) is 11.2 Å². The number of hydrogen-bond acceptors (Lipinski definition) is 5. The van der Waals surface area contributed by atoms with Gasteiger partial charge in [0.05, 0.1) is 6.04 Å². The van der Waals surface area contributed by atoms with Gasteiger partial charge in [-0.05, 0) is 76.0 Å². The molecule has 0 unspecified atom stereocenters. The minimum atomic E-state index is -0.778. The van der Waals surface area contributed by atoms with Crippen molar-refractivity contribution in [3.8, 4) is 5.75 Å². The number of ether oxygens (including phenoxy) is 1. The van der Waals surface area contributed by atoms with E-state index in [1.54, 1.807) is 24.3 Å². The molecule has 1 saturated heterocycles. The highest BCUT2D eigenvalue weighted by atomic mass is 16.5. The summed E-state index contributed by atoms with van der Waals surface area (Å²) in [6.07, 6.45) is 2.02. The number of urea groups is 1. The van der Waals surface area contributed by atoms with Crippen LogP contribution in [0.3, 0.4) is 0 Å². The second-order valence-electron chi connectivity index (χ2n) is 11.1. The Bertz CT molecular complexity index is 1170. The van der Waals surface area contributed by atoms with Crippen LogP contribution in [-0.2, 0) is 4.79 Å². The number of likely N-dealkylation sites (N-methyl/N-ethyl adjacent to an activating group) is 2. The largest absolute Gasteiger partial charge is 0.469 e. The van der Waals surface area contributed by atoms with Crippen LogP contribution in [0.2, 0.25) is 0 Å². The molecular weight excluding hydrogens is 528 g/mol. The number of imide groups is 1. The average Bonchev–Trinajstić information content (AvgIpc) is 3.00. The molecule has 2 aromatic carbocycles. The maximum Gasteiger partial charge on any atom is 0.327 e. The Balaban J connectivity index is 1.76. The van der Waals surface area contributed by atoms with Gasteiger partial charge in [-0.15, -0.1) is 0 Å². The third kappa shape index (κ3) is 7.14. The molecule has 42 heavy (non-hydrogen) atoms. The van der Waals surface area contributed by atoms with Crippen LogP contribution in [0.15, 0.2) is 48.5 Å². The Morgan fingerprint density at radius 3 is 2.05 bits per heavy atom. The van der Waals surface area contributed by atoms with E-state index in [1.807, 2.05) is 56.9 Å². The van der Waals surface area contributed by atoms with E-state index in [0.29, 0.717) is 37.2 Å². The third-order valence-corrected chi connectivity index (χ3v) is 8.79. The lowest BCUT2D eigenvalue weighted by Crippen LogP contribution is -2.73. The Morgan fingerprint density at radius 2 is 1.52 bits per heavy atom. The van der Waals surface area contributed by atoms with Crippen LogP contribution in [0.4, 0.5) is 4.79 Å². The fourth-order valence-corrected chi connectivity index (χ4v) is 5.72. The van der Waals surface area contributed by atoms with Crippen molar-refractivity contribution in [2.45, 2.75) is 86.4 Å². The average molecular weight is 579 g/mol. The first-order chi connectivity index (χ1) is 20.2. The van der Waals surface area contributed by atoms with E-state index in [-0.39, 0.29) is 17.9 Å². The SMILES string of the molecule is CCC[C@H](NC(=O)N1C(=O)C(CC)(CC)[C@@H]1Oc1ccc(C(=O)N(CC)CCN(CC)CC)cc1)c1ccc(C)cc1. The molecule has 8 heteroatoms. The Kier molecular flexibility index (Phi) is 12.0. The summed E-state index contributed by atoms with van der Waals surface area (Å²) >= 11 is 0. The highest BCUT2D eigenvalue weighted by Crippen LogP contribution is 2.46. The van der Waals surface area contributed by atoms with Crippen LogP contribution in [-0.4, -0.2) is 71.5 Å². The summed E-state index contributed by atoms with van der Waals surface area (Å²) in [5, 5.41) is 3.09. The van der Waals surface area contributed by atoms with Gasteiger partial charge in [0.2, 0.25) is 5.91 Å². The topological polar surface area (TPSA) is 82.2 Å². The van der Waals surface area contributed by atoms with E-state index in [2.05, 4.69) is 31.0 Å². The Labute approximate surface area is 252 Å². The van der Waals surface area contributed by atoms with Crippen molar-refractivity contribution in [1.29, 1.82) is 0 Å². The quantitative estimate of drug-likeness (QED) is 0.247. The molecule has 1 aliphatic rings. The number of carbonyl (C=O) groups excluding carboxylic acids is 3. The van der Waals surface area contributed by atoms with Crippen LogP contribution < -0.4 is 10.1 Å². The summed E-state index contributed by atoms with van der Waals surface area (Å²) in [5.41, 5.74) is 1.97. The molecule has 0 aliphatic carbocycles. The van der Waals surface area contributed by atoms with E-state index < -0.39 is 17.7 Å². The van der Waals surface area contributed by atoms with Gasteiger partial charge < -0.3 is 19.9 Å². The maximum absolute atomic E-state index is 13.5. The molecule has 1 aliphatic heterocycles. The van der Waals surface area contributed by atoms with Crippen molar-refractivity contribution in [2.75, 3.05) is 32.7 Å². The number of nitrogens with zero attached hydrogens (tertiary/aromatic N) is 3. The van der Waals surface area contributed by atoms with E-state index in [0.717, 1.165) is 43.6 Å². The van der Waals surface area contributed by atoms with Gasteiger partial charge in [0.15, 0.2) is 6.23 Å². The highest BCUT2D eigenvalue weighted by molar-refractivity contribution is 6.03. The first-order valence-electron chi connectivity index (χ1n) is 15.7. The molecule has 0 saturated carbocycles. The molecule has 4 amide bonds. The zero-order valence-corrected chi connectivity index (χ0v) is 26.6. The molecule has 2 aromatic rings. The van der Waals surface area contributed by atoms with Crippen LogP contribution in [0.1, 0.15) is 94.8 Å². The smallest absolute Gasteiger partial charge is 0.327 e. The van der Waals surface area contributed by atoms with Crippen molar-refractivity contribution < 1.29 is 19.1 Å². The molecular formula is C34H50N4O4. The standard InChI is InChI=1S/C34H50N4O4/c1-8-14-29(26-17-15-25(7)16-18-26)35-33(41)38-31(40)34(9-2,10-3)32(38)42-28-21-19-27(20-22-28)30(39)37(13-6)24-23-36(11-4)12-5/h15-22,29,32H,8-14,23-24H2,1-7H3,(H,35,41)/t29-,32-/m0/s1. The second kappa shape index (κ2) is 15.2. The third-order valence-electron chi connectivity index (χ3n) is 8.79. The lowest BCUT2D eigenvalue weighted by molar-refractivity contribution is -0.191. The second-order valence-corrected chi connectivity index (χ2v) is 11.1. The number of amides is 4. The van der Waals surface area contributed by atoms with Gasteiger partial charge >= 0.3 is 6.03 Å². The first kappa shape index (κ1) is 33.1. The fraction of sp³-hybridized carbons (Fsp3) is 0.559. The molecule has 0 aromatic heterocycles. The van der Waals surface area contributed by atoms with Crippen molar-refractivity contribution >= 4 is 17.8 Å². The predicted molar refractivity (Wildman–Crippen MR) is 167 cm³/mol. The molecule has 0 bridgehead atoms. The van der Waals surface area contributed by atoms with Crippen LogP contribution >= 0.6 is 0 Å². The van der Waals surface area contributed by atoms with Gasteiger partial charge in [0.25, 0.3) is 5.91 Å². The number of rotatable bonds is 15. The summed E-state index contributed by atoms with van der Waals surface area (Å²) in [5.74, 6) is 0.279. The molecule has 1 heterocycles. The van der Waals surface area contributed by atoms with Crippen LogP contribution in [0.5, 0.6) is 5.75 Å². The van der Waals surface area contributed by atoms with Crippen molar-refractivity contribution in [1.82, 2.24) is 20.0 Å². The van der Waals surface area contributed by atoms with E-state index in [9.17, 15) is 14.4 Å². The van der Waals surface area contributed by atoms with Crippen molar-refractivity contribution in [3.05, 3.63) is 65.2 Å². The monoisotopic (exact) mass is 578 g/mol. The zero-order valence-electron chi connectivity index (χ0n) is 26.6. The summed E-state index contributed by atoms with van der Waals surface area (Å²) < 4.78 is 6.36. The van der Waals surface area contributed by atoms with E-state index in [4.69, 9.17) is 4.74 Å². The molecule has 3 rings (SSSR count). The minimum absolute atomic E-state index is 0.0226. The van der Waals surface area contributed by atoms with Gasteiger partial charge in [-0.2, -0.15) is 0 Å². The maximum atomic E-state index is 13.5. The summed E-state index contributed by atoms with van der Waals surface area (Å²) in [7, 11) is 0. The lowest BCUT2D eigenvalue weighted by Gasteiger charge is -2.53. The van der Waals surface area contributed by atoms with Gasteiger partial charge in [-0.25, -0.2) is 9.69 Å². The summed E-state index contributed by atoms with van der Waals surface area (Å²) in [4.78, 5) is 45.6. The van der Waals surface area contributed by atoms with Gasteiger partial charge in [-0.3, -0.25) is 9.59 Å². The van der Waals surface area contributed by atoms with Crippen molar-refractivity contribution in [3.63, 3.8) is 0 Å². The number of aryl methyl sites for hydroxylation is 1. The molecule has 1 N–H and O–H groups in total. The summed E-state index contributed by atoms with van der Waals surface area (Å²) in [6, 6.07) is 14.5. The summed E-state index contributed by atoms with van der Waals surface area (Å²) in [6.45, 7) is 18.3. The fourth-order valence-electron chi connectivity index (χ4n) is 5.72. The Hall–Kier alpha value is -3.39. The van der Waals surface area contributed by atoms with Gasteiger partial charge in [-0.1, -0.05) is 70.9 Å². The van der Waals surface area contributed by atoms with E-state index >= 15 is 0 Å². The first-order valence-corrected chi connectivity index (χ1v) is 15.7. The number of carbonyl (C=O) groups is 3. The van der Waals surface area contributed by atoms with Crippen molar-refractivity contribution in [2.24, 2.45) is 5.41 Å². The molecule has 8 nitrogen and oxygen atoms in total. The predicted octanol–water partition coefficient (Wildman–Crippen LogP) is 6.40. The van der Waals surface area contributed by atoms with E-state index in [1.165, 1.54) is 4.90 Å². The molecule has 2 atom stereocenters. The van der Waals surface area contributed by atoms with Gasteiger partial charge in [0, 0.05) is 25.2 Å². The normalized spacial score (nSPS) is 16.6. The molecule has 0 radical (unpaired) electrons. The number of nitrogens with one attached hydrogen (secondary N) is 1. The minimum Gasteiger partial charge on any atom is -0.469 e. The van der Waals surface area contributed by atoms with Crippen LogP contribution in [0, 0.1) is 12.3 Å². The number of β-lactam (4-membered cyclic amide) rings is 1.